The summed E-state index contributed by atoms with van der Waals surface area (Å²) in [6.07, 6.45) is -0.569. The van der Waals surface area contributed by atoms with Crippen LogP contribution in [0.4, 0.5) is 11.4 Å². The number of benzene rings is 1. The van der Waals surface area contributed by atoms with Gasteiger partial charge in [0, 0.05) is 12.1 Å². The Morgan fingerprint density at radius 2 is 2.20 bits per heavy atom. The van der Waals surface area contributed by atoms with Crippen LogP contribution in [0.1, 0.15) is 12.0 Å². The molecule has 1 amide bonds. The summed E-state index contributed by atoms with van der Waals surface area (Å²) in [7, 11) is 0. The smallest absolute Gasteiger partial charge is 0.305 e. The van der Waals surface area contributed by atoms with E-state index in [1.54, 1.807) is 6.07 Å². The number of carbonyl (C=O) groups excluding carboxylic acids is 1. The Kier molecular flexibility index (Phi) is 4.71. The molecule has 1 rings (SSSR count). The van der Waals surface area contributed by atoms with Crippen LogP contribution in [0, 0.1) is 21.4 Å². The fourth-order valence-corrected chi connectivity index (χ4v) is 1.35. The highest BCUT2D eigenvalue weighted by Gasteiger charge is 2.19. The molecule has 0 heterocycles. The maximum Gasteiger partial charge on any atom is 0.305 e. The predicted molar refractivity (Wildman–Crippen MR) is 66.7 cm³/mol. The van der Waals surface area contributed by atoms with Crippen molar-refractivity contribution in [3.05, 3.63) is 33.9 Å². The Hall–Kier alpha value is -2.99. The van der Waals surface area contributed by atoms with Crippen molar-refractivity contribution in [3.63, 3.8) is 0 Å². The van der Waals surface area contributed by atoms with Crippen molar-refractivity contribution in [2.45, 2.75) is 12.5 Å². The van der Waals surface area contributed by atoms with Crippen molar-refractivity contribution in [1.29, 1.82) is 5.26 Å². The second-order valence-corrected chi connectivity index (χ2v) is 3.79. The number of hydrogen-bond donors (Lipinski definition) is 3. The molecule has 0 aliphatic heterocycles. The minimum Gasteiger partial charge on any atom is -0.481 e. The topological polar surface area (TPSA) is 159 Å². The van der Waals surface area contributed by atoms with E-state index in [1.165, 1.54) is 6.07 Å². The van der Waals surface area contributed by atoms with E-state index in [0.717, 1.165) is 12.1 Å². The van der Waals surface area contributed by atoms with E-state index in [0.29, 0.717) is 0 Å². The minimum atomic E-state index is -1.28. The molecule has 1 aromatic carbocycles. The van der Waals surface area contributed by atoms with Crippen molar-refractivity contribution in [3.8, 4) is 6.07 Å². The van der Waals surface area contributed by atoms with Gasteiger partial charge < -0.3 is 16.2 Å². The van der Waals surface area contributed by atoms with Gasteiger partial charge in [-0.25, -0.2) is 0 Å². The lowest BCUT2D eigenvalue weighted by Crippen LogP contribution is -2.37. The zero-order chi connectivity index (χ0) is 15.3. The van der Waals surface area contributed by atoms with Crippen LogP contribution in [0.2, 0.25) is 0 Å². The average Bonchev–Trinajstić information content (AvgIpc) is 2.37. The second-order valence-electron chi connectivity index (χ2n) is 3.79. The van der Waals surface area contributed by atoms with Crippen molar-refractivity contribution >= 4 is 23.3 Å². The van der Waals surface area contributed by atoms with Gasteiger partial charge in [0.1, 0.15) is 6.07 Å². The van der Waals surface area contributed by atoms with Gasteiger partial charge in [0.05, 0.1) is 28.6 Å². The number of anilines is 1. The zero-order valence-electron chi connectivity index (χ0n) is 10.1. The lowest BCUT2D eigenvalue weighted by atomic mass is 10.1. The first-order valence-electron chi connectivity index (χ1n) is 5.32. The fourth-order valence-electron chi connectivity index (χ4n) is 1.35. The number of nitro groups is 1. The minimum absolute atomic E-state index is 0.0314. The van der Waals surface area contributed by atoms with Gasteiger partial charge in [-0.2, -0.15) is 5.26 Å². The molecule has 1 unspecified atom stereocenters. The summed E-state index contributed by atoms with van der Waals surface area (Å²) in [5.74, 6) is -2.03. The maximum absolute atomic E-state index is 11.6. The van der Waals surface area contributed by atoms with Gasteiger partial charge in [-0.05, 0) is 6.07 Å². The van der Waals surface area contributed by atoms with Gasteiger partial charge in [0.25, 0.3) is 5.69 Å². The van der Waals surface area contributed by atoms with Crippen LogP contribution >= 0.6 is 0 Å². The van der Waals surface area contributed by atoms with E-state index in [4.69, 9.17) is 16.1 Å². The van der Waals surface area contributed by atoms with E-state index in [9.17, 15) is 19.7 Å². The third kappa shape index (κ3) is 3.76. The SMILES string of the molecule is N#Cc1cc([N+](=O)[O-])ccc1NC(=O)C(N)CC(=O)O. The quantitative estimate of drug-likeness (QED) is 0.512. The van der Waals surface area contributed by atoms with Gasteiger partial charge in [0.15, 0.2) is 0 Å². The summed E-state index contributed by atoms with van der Waals surface area (Å²) < 4.78 is 0. The maximum atomic E-state index is 11.6. The number of carbonyl (C=O) groups is 2. The molecule has 0 radical (unpaired) electrons. The number of nitriles is 1. The van der Waals surface area contributed by atoms with Crippen LogP contribution in [0.3, 0.4) is 0 Å². The highest BCUT2D eigenvalue weighted by atomic mass is 16.6. The molecule has 0 fully saturated rings. The Morgan fingerprint density at radius 1 is 1.55 bits per heavy atom. The van der Waals surface area contributed by atoms with Gasteiger partial charge >= 0.3 is 5.97 Å². The normalized spacial score (nSPS) is 11.2. The van der Waals surface area contributed by atoms with Crippen LogP contribution in [0.5, 0.6) is 0 Å². The third-order valence-electron chi connectivity index (χ3n) is 2.32. The summed E-state index contributed by atoms with van der Waals surface area (Å²) in [4.78, 5) is 31.9. The Labute approximate surface area is 112 Å². The number of rotatable bonds is 5. The lowest BCUT2D eigenvalue weighted by molar-refractivity contribution is -0.384. The van der Waals surface area contributed by atoms with Crippen LogP contribution in [0.25, 0.3) is 0 Å². The van der Waals surface area contributed by atoms with E-state index in [2.05, 4.69) is 5.32 Å². The molecule has 0 saturated heterocycles. The first-order chi connectivity index (χ1) is 9.35. The van der Waals surface area contributed by atoms with E-state index in [1.807, 2.05) is 0 Å². The molecule has 0 saturated carbocycles. The zero-order valence-corrected chi connectivity index (χ0v) is 10.1. The molecule has 20 heavy (non-hydrogen) atoms. The van der Waals surface area contributed by atoms with Crippen molar-refractivity contribution in [1.82, 2.24) is 0 Å². The average molecular weight is 278 g/mol. The number of aliphatic carboxylic acids is 1. The number of carboxylic acids is 1. The van der Waals surface area contributed by atoms with Crippen LogP contribution < -0.4 is 11.1 Å². The van der Waals surface area contributed by atoms with Crippen molar-refractivity contribution in [2.75, 3.05) is 5.32 Å². The number of carboxylic acid groups (broad SMARTS) is 1. The largest absolute Gasteiger partial charge is 0.481 e. The molecule has 9 nitrogen and oxygen atoms in total. The van der Waals surface area contributed by atoms with E-state index >= 15 is 0 Å². The number of nitro benzene ring substituents is 1. The summed E-state index contributed by atoms with van der Waals surface area (Å²) in [5, 5.41) is 30.2. The monoisotopic (exact) mass is 278 g/mol. The number of nitrogens with one attached hydrogen (secondary N) is 1. The molecule has 0 spiro atoms. The van der Waals surface area contributed by atoms with Gasteiger partial charge in [-0.15, -0.1) is 0 Å². The van der Waals surface area contributed by atoms with Crippen LogP contribution in [-0.4, -0.2) is 27.9 Å². The molecule has 0 aliphatic carbocycles. The molecule has 104 valence electrons. The molecule has 1 atom stereocenters. The molecule has 0 aromatic heterocycles. The van der Waals surface area contributed by atoms with E-state index < -0.39 is 29.3 Å². The van der Waals surface area contributed by atoms with Crippen molar-refractivity contribution < 1.29 is 19.6 Å². The Balaban J connectivity index is 2.93. The molecule has 4 N–H and O–H groups in total. The number of nitrogens with zero attached hydrogens (tertiary/aromatic N) is 2. The first-order valence-corrected chi connectivity index (χ1v) is 5.32. The summed E-state index contributed by atoms with van der Waals surface area (Å²) in [6, 6.07) is 3.71. The second kappa shape index (κ2) is 6.26. The van der Waals surface area contributed by atoms with Gasteiger partial charge in [-0.1, -0.05) is 0 Å². The highest BCUT2D eigenvalue weighted by molar-refractivity contribution is 5.97. The van der Waals surface area contributed by atoms with Gasteiger partial charge in [-0.3, -0.25) is 19.7 Å². The van der Waals surface area contributed by atoms with Crippen LogP contribution in [0.15, 0.2) is 18.2 Å². The predicted octanol–water partition coefficient (Wildman–Crippen LogP) is 0.207. The summed E-state index contributed by atoms with van der Waals surface area (Å²) in [5.41, 5.74) is 4.97. The Bertz CT molecular complexity index is 607. The lowest BCUT2D eigenvalue weighted by Gasteiger charge is -2.11. The molecular formula is C11H10N4O5. The molecular weight excluding hydrogens is 268 g/mol. The molecule has 0 aliphatic rings. The van der Waals surface area contributed by atoms with Gasteiger partial charge in [0.2, 0.25) is 5.91 Å². The van der Waals surface area contributed by atoms with E-state index in [-0.39, 0.29) is 16.9 Å². The number of nitrogens with two attached hydrogens (primary N) is 1. The fraction of sp³-hybridized carbons (Fsp3) is 0.182. The molecule has 9 heteroatoms. The molecule has 0 bridgehead atoms. The number of hydrogen-bond acceptors (Lipinski definition) is 6. The number of amides is 1. The third-order valence-corrected chi connectivity index (χ3v) is 2.32. The highest BCUT2D eigenvalue weighted by Crippen LogP contribution is 2.21. The summed E-state index contributed by atoms with van der Waals surface area (Å²) >= 11 is 0. The first kappa shape index (κ1) is 15.1. The number of non-ortho nitro benzene ring substituents is 1. The summed E-state index contributed by atoms with van der Waals surface area (Å²) in [6.45, 7) is 0. The standard InChI is InChI=1S/C11H10N4O5/c12-5-6-3-7(15(19)20)1-2-9(6)14-11(18)8(13)4-10(16)17/h1-3,8H,4,13H2,(H,14,18)(H,16,17). The Morgan fingerprint density at radius 3 is 2.70 bits per heavy atom. The van der Waals surface area contributed by atoms with Crippen molar-refractivity contribution in [2.24, 2.45) is 5.73 Å². The molecule has 1 aromatic rings. The van der Waals surface area contributed by atoms with Crippen LogP contribution in [-0.2, 0) is 9.59 Å².